The van der Waals surface area contributed by atoms with Crippen molar-refractivity contribution in [3.63, 3.8) is 0 Å². The Hall–Kier alpha value is -3.05. The van der Waals surface area contributed by atoms with E-state index in [2.05, 4.69) is 9.97 Å². The van der Waals surface area contributed by atoms with Crippen molar-refractivity contribution < 1.29 is 5.11 Å². The molecular weight excluding hydrogens is 328 g/mol. The van der Waals surface area contributed by atoms with E-state index in [0.29, 0.717) is 10.6 Å². The average molecular weight is 341 g/mol. The number of phenolic OH excluding ortho intramolecular Hbond substituents is 1. The molecule has 3 N–H and O–H groups in total. The van der Waals surface area contributed by atoms with Crippen LogP contribution in [0, 0.1) is 0 Å². The first-order valence-corrected chi connectivity index (χ1v) is 7.50. The molecule has 24 heavy (non-hydrogen) atoms. The number of hydrogen-bond acceptors (Lipinski definition) is 3. The molecule has 0 aliphatic heterocycles. The van der Waals surface area contributed by atoms with Crippen molar-refractivity contribution in [1.29, 1.82) is 0 Å². The number of aromatic amines is 2. The third-order valence-corrected chi connectivity index (χ3v) is 3.62. The molecule has 3 aromatic rings. The van der Waals surface area contributed by atoms with Crippen LogP contribution in [-0.4, -0.2) is 15.1 Å². The van der Waals surface area contributed by atoms with Gasteiger partial charge in [0.2, 0.25) is 0 Å². The van der Waals surface area contributed by atoms with Gasteiger partial charge < -0.3 is 15.1 Å². The molecule has 2 aromatic carbocycles. The molecule has 0 bridgehead atoms. The van der Waals surface area contributed by atoms with Crippen LogP contribution in [0.2, 0.25) is 5.02 Å². The molecule has 1 heterocycles. The number of halogens is 1. The zero-order chi connectivity index (χ0) is 17.1. The van der Waals surface area contributed by atoms with Gasteiger partial charge in [0, 0.05) is 5.02 Å². The Morgan fingerprint density at radius 2 is 1.17 bits per heavy atom. The molecule has 0 aliphatic rings. The quantitative estimate of drug-likeness (QED) is 0.652. The molecular formula is C18H13ClN2O3. The van der Waals surface area contributed by atoms with Crippen molar-refractivity contribution >= 4 is 23.8 Å². The van der Waals surface area contributed by atoms with Crippen molar-refractivity contribution in [3.05, 3.63) is 96.1 Å². The Kier molecular flexibility index (Phi) is 4.35. The first kappa shape index (κ1) is 15.8. The third kappa shape index (κ3) is 3.64. The highest BCUT2D eigenvalue weighted by molar-refractivity contribution is 6.30. The molecule has 0 spiro atoms. The zero-order valence-corrected chi connectivity index (χ0v) is 13.2. The van der Waals surface area contributed by atoms with Crippen molar-refractivity contribution in [2.24, 2.45) is 0 Å². The number of aromatic hydroxyl groups is 1. The summed E-state index contributed by atoms with van der Waals surface area (Å²) in [6.07, 6.45) is 3.10. The summed E-state index contributed by atoms with van der Waals surface area (Å²) < 4.78 is 0. The standard InChI is InChI=1S/C18H13ClN2O3/c19-13-5-1-11(2-6-13)9-15-17(23)21-16(18(24)20-15)10-12-3-7-14(22)8-4-12/h1-10,22H,(H,20,24)(H,21,23)/b15-9-,16-10+. The van der Waals surface area contributed by atoms with Gasteiger partial charge in [0.25, 0.3) is 11.1 Å². The van der Waals surface area contributed by atoms with Gasteiger partial charge in [-0.1, -0.05) is 35.9 Å². The minimum absolute atomic E-state index is 0.127. The number of aromatic nitrogens is 2. The smallest absolute Gasteiger partial charge is 0.272 e. The van der Waals surface area contributed by atoms with Crippen LogP contribution >= 0.6 is 11.6 Å². The highest BCUT2D eigenvalue weighted by Gasteiger charge is 1.97. The lowest BCUT2D eigenvalue weighted by Gasteiger charge is -1.95. The van der Waals surface area contributed by atoms with Crippen LogP contribution < -0.4 is 21.8 Å². The molecule has 1 aromatic heterocycles. The lowest BCUT2D eigenvalue weighted by atomic mass is 10.2. The third-order valence-electron chi connectivity index (χ3n) is 3.37. The summed E-state index contributed by atoms with van der Waals surface area (Å²) in [6.45, 7) is 0. The molecule has 0 atom stereocenters. The van der Waals surface area contributed by atoms with Crippen molar-refractivity contribution in [1.82, 2.24) is 9.97 Å². The number of rotatable bonds is 2. The van der Waals surface area contributed by atoms with Crippen LogP contribution in [0.3, 0.4) is 0 Å². The minimum Gasteiger partial charge on any atom is -0.508 e. The number of phenols is 1. The largest absolute Gasteiger partial charge is 0.508 e. The fourth-order valence-corrected chi connectivity index (χ4v) is 2.28. The van der Waals surface area contributed by atoms with Gasteiger partial charge in [-0.25, -0.2) is 0 Å². The summed E-state index contributed by atoms with van der Waals surface area (Å²) in [6, 6.07) is 13.2. The molecule has 0 unspecified atom stereocenters. The van der Waals surface area contributed by atoms with Crippen LogP contribution in [0.1, 0.15) is 11.1 Å². The summed E-state index contributed by atoms with van der Waals surface area (Å²) in [7, 11) is 0. The van der Waals surface area contributed by atoms with Crippen molar-refractivity contribution in [3.8, 4) is 5.75 Å². The number of H-pyrrole nitrogens is 2. The Balaban J connectivity index is 2.09. The summed E-state index contributed by atoms with van der Waals surface area (Å²) in [5.74, 6) is 0.127. The molecule has 0 fully saturated rings. The van der Waals surface area contributed by atoms with Gasteiger partial charge in [-0.05, 0) is 47.5 Å². The summed E-state index contributed by atoms with van der Waals surface area (Å²) >= 11 is 5.82. The maximum Gasteiger partial charge on any atom is 0.272 e. The maximum absolute atomic E-state index is 12.2. The lowest BCUT2D eigenvalue weighted by molar-refractivity contribution is 0.475. The second kappa shape index (κ2) is 6.60. The number of hydrogen-bond donors (Lipinski definition) is 3. The average Bonchev–Trinajstić information content (AvgIpc) is 2.56. The Labute approximate surface area is 141 Å². The van der Waals surface area contributed by atoms with Crippen LogP contribution in [-0.2, 0) is 0 Å². The van der Waals surface area contributed by atoms with E-state index in [4.69, 9.17) is 11.6 Å². The van der Waals surface area contributed by atoms with Gasteiger partial charge in [0.1, 0.15) is 16.4 Å². The predicted octanol–water partition coefficient (Wildman–Crippen LogP) is 1.08. The molecule has 0 radical (unpaired) electrons. The summed E-state index contributed by atoms with van der Waals surface area (Å²) in [5.41, 5.74) is 0.608. The number of nitrogens with one attached hydrogen (secondary N) is 2. The molecule has 0 amide bonds. The van der Waals surface area contributed by atoms with Gasteiger partial charge in [0.15, 0.2) is 0 Å². The highest BCUT2D eigenvalue weighted by atomic mass is 35.5. The second-order valence-corrected chi connectivity index (χ2v) is 5.60. The van der Waals surface area contributed by atoms with Gasteiger partial charge in [0.05, 0.1) is 0 Å². The summed E-state index contributed by atoms with van der Waals surface area (Å²) in [4.78, 5) is 29.5. The summed E-state index contributed by atoms with van der Waals surface area (Å²) in [5, 5.41) is 10.1. The number of benzene rings is 2. The highest BCUT2D eigenvalue weighted by Crippen LogP contribution is 2.10. The fourth-order valence-electron chi connectivity index (χ4n) is 2.16. The van der Waals surface area contributed by atoms with E-state index in [-0.39, 0.29) is 16.4 Å². The van der Waals surface area contributed by atoms with Gasteiger partial charge in [-0.3, -0.25) is 9.59 Å². The monoisotopic (exact) mass is 340 g/mol. The van der Waals surface area contributed by atoms with Gasteiger partial charge >= 0.3 is 0 Å². The molecule has 5 nitrogen and oxygen atoms in total. The molecule has 6 heteroatoms. The topological polar surface area (TPSA) is 85.9 Å². The van der Waals surface area contributed by atoms with E-state index in [1.807, 2.05) is 0 Å². The van der Waals surface area contributed by atoms with Crippen LogP contribution in [0.4, 0.5) is 0 Å². The van der Waals surface area contributed by atoms with Crippen LogP contribution in [0.15, 0.2) is 58.1 Å². The van der Waals surface area contributed by atoms with E-state index in [1.54, 1.807) is 42.5 Å². The van der Waals surface area contributed by atoms with E-state index in [9.17, 15) is 14.7 Å². The maximum atomic E-state index is 12.2. The first-order chi connectivity index (χ1) is 11.5. The van der Waals surface area contributed by atoms with E-state index in [1.165, 1.54) is 18.2 Å². The Morgan fingerprint density at radius 3 is 1.62 bits per heavy atom. The van der Waals surface area contributed by atoms with E-state index < -0.39 is 11.1 Å². The molecule has 3 rings (SSSR count). The van der Waals surface area contributed by atoms with Crippen molar-refractivity contribution in [2.75, 3.05) is 0 Å². The Bertz CT molecular complexity index is 1000. The predicted molar refractivity (Wildman–Crippen MR) is 93.6 cm³/mol. The molecule has 0 aliphatic carbocycles. The Morgan fingerprint density at radius 1 is 0.750 bits per heavy atom. The van der Waals surface area contributed by atoms with Gasteiger partial charge in [-0.15, -0.1) is 0 Å². The normalized spacial score (nSPS) is 12.5. The molecule has 0 saturated heterocycles. The van der Waals surface area contributed by atoms with E-state index in [0.717, 1.165) is 5.56 Å². The SMILES string of the molecule is O=c1[nH]/c(=C/c2ccc(O)cc2)c(=O)[nH]/c1=C\c1ccc(Cl)cc1. The zero-order valence-electron chi connectivity index (χ0n) is 12.4. The van der Waals surface area contributed by atoms with Gasteiger partial charge in [-0.2, -0.15) is 0 Å². The lowest BCUT2D eigenvalue weighted by Crippen LogP contribution is -2.46. The van der Waals surface area contributed by atoms with E-state index >= 15 is 0 Å². The minimum atomic E-state index is -0.414. The van der Waals surface area contributed by atoms with Crippen LogP contribution in [0.25, 0.3) is 12.2 Å². The molecule has 120 valence electrons. The van der Waals surface area contributed by atoms with Crippen molar-refractivity contribution in [2.45, 2.75) is 0 Å². The second-order valence-electron chi connectivity index (χ2n) is 5.17. The first-order valence-electron chi connectivity index (χ1n) is 7.12. The fraction of sp³-hybridized carbons (Fsp3) is 0. The van der Waals surface area contributed by atoms with Crippen LogP contribution in [0.5, 0.6) is 5.75 Å². The molecule has 0 saturated carbocycles.